The van der Waals surface area contributed by atoms with Crippen LogP contribution in [0.15, 0.2) is 97.1 Å². The fourth-order valence-corrected chi connectivity index (χ4v) is 4.78. The molecule has 0 aromatic heterocycles. The minimum atomic E-state index is -0.641. The summed E-state index contributed by atoms with van der Waals surface area (Å²) in [5.74, 6) is -1.79. The Morgan fingerprint density at radius 1 is 0.478 bits per heavy atom. The number of ether oxygens (including phenoxy) is 2. The summed E-state index contributed by atoms with van der Waals surface area (Å²) >= 11 is 0. The number of rotatable bonds is 4. The van der Waals surface area contributed by atoms with E-state index in [1.54, 1.807) is 98.8 Å². The molecule has 0 aliphatic carbocycles. The van der Waals surface area contributed by atoms with Crippen molar-refractivity contribution in [2.24, 2.45) is 0 Å². The standard InChI is InChI=1S/2C18H15NO4/c1-10-15(20)13-4-2-3-5-14(13)16(21)17(10)23-18(22)11-6-8-12(19)9-7-11;1-10-15(20)13-4-2-3-5-14(13)17(16(10)21)23-18(22)11-6-8-12(19)9-7-11/h2*2-9,20-21H,19H2,1H3. The van der Waals surface area contributed by atoms with Gasteiger partial charge in [-0.3, -0.25) is 0 Å². The van der Waals surface area contributed by atoms with Gasteiger partial charge in [-0.25, -0.2) is 9.59 Å². The van der Waals surface area contributed by atoms with E-state index in [2.05, 4.69) is 0 Å². The number of nitrogens with two attached hydrogens (primary N) is 2. The van der Waals surface area contributed by atoms with Crippen molar-refractivity contribution < 1.29 is 39.5 Å². The molecule has 8 N–H and O–H groups in total. The van der Waals surface area contributed by atoms with Gasteiger partial charge in [0.25, 0.3) is 0 Å². The summed E-state index contributed by atoms with van der Waals surface area (Å²) in [5, 5.41) is 42.9. The van der Waals surface area contributed by atoms with Crippen molar-refractivity contribution in [3.05, 3.63) is 119 Å². The maximum atomic E-state index is 12.3. The molecule has 0 unspecified atom stereocenters. The van der Waals surface area contributed by atoms with Crippen molar-refractivity contribution in [2.45, 2.75) is 13.8 Å². The Kier molecular flexibility index (Phi) is 8.54. The quantitative estimate of drug-likeness (QED) is 0.0536. The largest absolute Gasteiger partial charge is 0.507 e. The van der Waals surface area contributed by atoms with Crippen molar-refractivity contribution >= 4 is 44.9 Å². The van der Waals surface area contributed by atoms with Crippen LogP contribution in [-0.4, -0.2) is 32.4 Å². The second-order valence-corrected chi connectivity index (χ2v) is 10.4. The summed E-state index contributed by atoms with van der Waals surface area (Å²) in [5.41, 5.74) is 13.4. The van der Waals surface area contributed by atoms with E-state index in [4.69, 9.17) is 20.9 Å². The number of benzene rings is 6. The van der Waals surface area contributed by atoms with E-state index < -0.39 is 11.9 Å². The van der Waals surface area contributed by atoms with E-state index in [9.17, 15) is 30.0 Å². The molecule has 0 heterocycles. The predicted octanol–water partition coefficient (Wildman–Crippen LogP) is 6.72. The molecule has 0 radical (unpaired) electrons. The number of anilines is 2. The van der Waals surface area contributed by atoms with Crippen LogP contribution in [0.4, 0.5) is 11.4 Å². The highest BCUT2D eigenvalue weighted by atomic mass is 16.5. The molecule has 6 aromatic rings. The van der Waals surface area contributed by atoms with Gasteiger partial charge in [0.1, 0.15) is 11.5 Å². The van der Waals surface area contributed by atoms with Crippen LogP contribution in [0.5, 0.6) is 34.5 Å². The molecule has 46 heavy (non-hydrogen) atoms. The van der Waals surface area contributed by atoms with E-state index >= 15 is 0 Å². The zero-order valence-electron chi connectivity index (χ0n) is 24.8. The van der Waals surface area contributed by atoms with Crippen LogP contribution in [0.2, 0.25) is 0 Å². The van der Waals surface area contributed by atoms with Gasteiger partial charge in [0.2, 0.25) is 0 Å². The molecule has 6 aromatic carbocycles. The van der Waals surface area contributed by atoms with Gasteiger partial charge < -0.3 is 41.4 Å². The second-order valence-electron chi connectivity index (χ2n) is 10.4. The molecule has 0 atom stereocenters. The Labute approximate surface area is 263 Å². The molecule has 232 valence electrons. The van der Waals surface area contributed by atoms with Gasteiger partial charge in [0, 0.05) is 44.0 Å². The minimum absolute atomic E-state index is 0.0257. The number of carbonyl (C=O) groups is 2. The Balaban J connectivity index is 0.000000181. The lowest BCUT2D eigenvalue weighted by Gasteiger charge is -2.14. The van der Waals surface area contributed by atoms with Crippen molar-refractivity contribution in [2.75, 3.05) is 11.5 Å². The normalized spacial score (nSPS) is 10.7. The zero-order valence-corrected chi connectivity index (χ0v) is 24.8. The lowest BCUT2D eigenvalue weighted by atomic mass is 10.0. The van der Waals surface area contributed by atoms with Crippen molar-refractivity contribution in [3.63, 3.8) is 0 Å². The minimum Gasteiger partial charge on any atom is -0.507 e. The molecular weight excluding hydrogens is 588 g/mol. The van der Waals surface area contributed by atoms with Crippen molar-refractivity contribution in [1.82, 2.24) is 0 Å². The lowest BCUT2D eigenvalue weighted by Crippen LogP contribution is -2.09. The SMILES string of the molecule is Cc1c(O)c(OC(=O)c2ccc(N)cc2)c2ccccc2c1O.Cc1c(OC(=O)c2ccc(N)cc2)c(O)c2ccccc2c1O. The second kappa shape index (κ2) is 12.7. The van der Waals surface area contributed by atoms with E-state index in [0.29, 0.717) is 49.6 Å². The highest BCUT2D eigenvalue weighted by molar-refractivity contribution is 6.01. The number of phenolic OH excluding ortho intramolecular Hbond substituents is 4. The first-order valence-corrected chi connectivity index (χ1v) is 14.0. The maximum absolute atomic E-state index is 12.3. The van der Waals surface area contributed by atoms with Crippen LogP contribution >= 0.6 is 0 Å². The fourth-order valence-electron chi connectivity index (χ4n) is 4.78. The van der Waals surface area contributed by atoms with Crippen molar-refractivity contribution in [3.8, 4) is 34.5 Å². The van der Waals surface area contributed by atoms with Gasteiger partial charge in [0.15, 0.2) is 23.0 Å². The van der Waals surface area contributed by atoms with Gasteiger partial charge in [-0.1, -0.05) is 48.5 Å². The van der Waals surface area contributed by atoms with Crippen LogP contribution in [0, 0.1) is 13.8 Å². The number of hydrogen-bond acceptors (Lipinski definition) is 10. The summed E-state index contributed by atoms with van der Waals surface area (Å²) in [6.07, 6.45) is 0. The monoisotopic (exact) mass is 618 g/mol. The Hall–Kier alpha value is -6.42. The molecule has 0 fully saturated rings. The Morgan fingerprint density at radius 3 is 1.33 bits per heavy atom. The number of fused-ring (bicyclic) bond motifs is 2. The molecule has 10 nitrogen and oxygen atoms in total. The Bertz CT molecular complexity index is 2100. The molecule has 0 saturated heterocycles. The average molecular weight is 619 g/mol. The smallest absolute Gasteiger partial charge is 0.343 e. The highest BCUT2D eigenvalue weighted by Gasteiger charge is 2.21. The van der Waals surface area contributed by atoms with Gasteiger partial charge in [-0.2, -0.15) is 0 Å². The third kappa shape index (κ3) is 6.00. The summed E-state index contributed by atoms with van der Waals surface area (Å²) in [6.45, 7) is 3.13. The van der Waals surface area contributed by atoms with E-state index in [-0.39, 0.29) is 40.1 Å². The molecule has 0 aliphatic rings. The first kappa shape index (κ1) is 31.0. The molecule has 6 rings (SSSR count). The first-order valence-electron chi connectivity index (χ1n) is 14.0. The number of phenols is 4. The van der Waals surface area contributed by atoms with E-state index in [1.165, 1.54) is 12.1 Å². The molecule has 0 spiro atoms. The maximum Gasteiger partial charge on any atom is 0.343 e. The van der Waals surface area contributed by atoms with Gasteiger partial charge in [-0.05, 0) is 62.4 Å². The first-order chi connectivity index (χ1) is 22.0. The van der Waals surface area contributed by atoms with Gasteiger partial charge in [0.05, 0.1) is 11.1 Å². The number of aromatic hydroxyl groups is 4. The van der Waals surface area contributed by atoms with Crippen LogP contribution in [0.1, 0.15) is 31.8 Å². The number of esters is 2. The van der Waals surface area contributed by atoms with Crippen LogP contribution in [0.3, 0.4) is 0 Å². The summed E-state index contributed by atoms with van der Waals surface area (Å²) < 4.78 is 10.7. The lowest BCUT2D eigenvalue weighted by molar-refractivity contribution is 0.0721. The summed E-state index contributed by atoms with van der Waals surface area (Å²) in [4.78, 5) is 24.5. The zero-order chi connectivity index (χ0) is 33.1. The van der Waals surface area contributed by atoms with Gasteiger partial charge >= 0.3 is 11.9 Å². The van der Waals surface area contributed by atoms with Crippen LogP contribution in [-0.2, 0) is 0 Å². The third-order valence-corrected chi connectivity index (χ3v) is 7.38. The van der Waals surface area contributed by atoms with Crippen LogP contribution < -0.4 is 20.9 Å². The molecule has 0 bridgehead atoms. The summed E-state index contributed by atoms with van der Waals surface area (Å²) in [6, 6.07) is 26.2. The average Bonchev–Trinajstić information content (AvgIpc) is 3.07. The van der Waals surface area contributed by atoms with E-state index in [0.717, 1.165) is 0 Å². The topological polar surface area (TPSA) is 186 Å². The number of hydrogen-bond donors (Lipinski definition) is 6. The molecule has 0 aliphatic heterocycles. The highest BCUT2D eigenvalue weighted by Crippen LogP contribution is 2.45. The molecule has 0 saturated carbocycles. The predicted molar refractivity (Wildman–Crippen MR) is 176 cm³/mol. The fraction of sp³-hybridized carbons (Fsp3) is 0.0556. The van der Waals surface area contributed by atoms with Gasteiger partial charge in [-0.15, -0.1) is 0 Å². The van der Waals surface area contributed by atoms with E-state index in [1.807, 2.05) is 0 Å². The van der Waals surface area contributed by atoms with Crippen LogP contribution in [0.25, 0.3) is 21.5 Å². The number of nitrogen functional groups attached to an aromatic ring is 2. The third-order valence-electron chi connectivity index (χ3n) is 7.38. The number of carbonyl (C=O) groups excluding carboxylic acids is 2. The van der Waals surface area contributed by atoms with Crippen molar-refractivity contribution in [1.29, 1.82) is 0 Å². The summed E-state index contributed by atoms with van der Waals surface area (Å²) in [7, 11) is 0. The Morgan fingerprint density at radius 2 is 0.848 bits per heavy atom. The molecular formula is C36H30N2O8. The molecule has 10 heteroatoms. The molecule has 0 amide bonds.